The Labute approximate surface area is 116 Å². The molecule has 0 radical (unpaired) electrons. The summed E-state index contributed by atoms with van der Waals surface area (Å²) in [5.74, 6) is -0.395. The number of benzene rings is 1. The fourth-order valence-electron chi connectivity index (χ4n) is 2.03. The molecule has 102 valence electrons. The van der Waals surface area contributed by atoms with Crippen molar-refractivity contribution >= 4 is 11.3 Å². The molecule has 1 aromatic carbocycles. The summed E-state index contributed by atoms with van der Waals surface area (Å²) in [5, 5.41) is 5.33. The molecule has 0 saturated carbocycles. The molecule has 4 heteroatoms. The minimum Gasteiger partial charge on any atom is -0.305 e. The molecule has 1 atom stereocenters. The van der Waals surface area contributed by atoms with Gasteiger partial charge in [-0.15, -0.1) is 11.3 Å². The molecule has 1 N–H and O–H groups in total. The van der Waals surface area contributed by atoms with E-state index in [9.17, 15) is 8.78 Å². The smallest absolute Gasteiger partial charge is 0.127 e. The third-order valence-electron chi connectivity index (χ3n) is 3.04. The van der Waals surface area contributed by atoms with Gasteiger partial charge in [0.05, 0.1) is 0 Å². The first-order chi connectivity index (χ1) is 9.08. The molecule has 1 nitrogen and oxygen atoms in total. The molecule has 1 aromatic heterocycles. The zero-order valence-corrected chi connectivity index (χ0v) is 11.8. The average molecular weight is 281 g/mol. The molecule has 19 heavy (non-hydrogen) atoms. The fourth-order valence-corrected chi connectivity index (χ4v) is 3.01. The highest BCUT2D eigenvalue weighted by molar-refractivity contribution is 7.10. The van der Waals surface area contributed by atoms with Gasteiger partial charge in [-0.3, -0.25) is 0 Å². The third kappa shape index (κ3) is 3.61. The topological polar surface area (TPSA) is 12.0 Å². The van der Waals surface area contributed by atoms with Crippen LogP contribution in [0.4, 0.5) is 8.78 Å². The third-order valence-corrected chi connectivity index (χ3v) is 3.99. The van der Waals surface area contributed by atoms with E-state index in [0.717, 1.165) is 6.07 Å². The minimum absolute atomic E-state index is 0.155. The van der Waals surface area contributed by atoms with Crippen LogP contribution < -0.4 is 5.32 Å². The van der Waals surface area contributed by atoms with Crippen LogP contribution >= 0.6 is 11.3 Å². The van der Waals surface area contributed by atoms with Crippen LogP contribution in [0, 0.1) is 17.6 Å². The van der Waals surface area contributed by atoms with Crippen LogP contribution in [0.3, 0.4) is 0 Å². The predicted molar refractivity (Wildman–Crippen MR) is 75.1 cm³/mol. The Bertz CT molecular complexity index is 523. The fraction of sp³-hybridized carbons (Fsp3) is 0.333. The summed E-state index contributed by atoms with van der Waals surface area (Å²) in [7, 11) is 0. The zero-order valence-electron chi connectivity index (χ0n) is 11.0. The second-order valence-corrected chi connectivity index (χ2v) is 5.83. The first-order valence-corrected chi connectivity index (χ1v) is 7.16. The van der Waals surface area contributed by atoms with Gasteiger partial charge in [-0.1, -0.05) is 19.9 Å². The van der Waals surface area contributed by atoms with Gasteiger partial charge in [-0.2, -0.15) is 0 Å². The van der Waals surface area contributed by atoms with Gasteiger partial charge in [-0.05, 0) is 35.6 Å². The van der Waals surface area contributed by atoms with Crippen LogP contribution in [0.1, 0.15) is 30.3 Å². The summed E-state index contributed by atoms with van der Waals surface area (Å²) in [6, 6.07) is 7.76. The monoisotopic (exact) mass is 281 g/mol. The SMILES string of the molecule is CC(C)C(NCc1cc(F)ccc1F)c1cccs1. The summed E-state index contributed by atoms with van der Waals surface area (Å²) in [6.45, 7) is 4.54. The molecular weight excluding hydrogens is 264 g/mol. The molecule has 0 aliphatic rings. The maximum absolute atomic E-state index is 13.6. The molecule has 2 aromatic rings. The molecule has 1 unspecified atom stereocenters. The minimum atomic E-state index is -0.407. The van der Waals surface area contributed by atoms with Crippen molar-refractivity contribution in [3.05, 3.63) is 57.8 Å². The van der Waals surface area contributed by atoms with Crippen molar-refractivity contribution < 1.29 is 8.78 Å². The number of hydrogen-bond acceptors (Lipinski definition) is 2. The van der Waals surface area contributed by atoms with E-state index in [1.54, 1.807) is 11.3 Å². The van der Waals surface area contributed by atoms with Crippen LogP contribution in [0.15, 0.2) is 35.7 Å². The molecule has 0 saturated heterocycles. The maximum atomic E-state index is 13.6. The Morgan fingerprint density at radius 3 is 2.63 bits per heavy atom. The zero-order chi connectivity index (χ0) is 13.8. The van der Waals surface area contributed by atoms with Gasteiger partial charge in [0.25, 0.3) is 0 Å². The van der Waals surface area contributed by atoms with Crippen molar-refractivity contribution in [3.63, 3.8) is 0 Å². The Morgan fingerprint density at radius 1 is 1.21 bits per heavy atom. The highest BCUT2D eigenvalue weighted by atomic mass is 32.1. The Hall–Kier alpha value is -1.26. The van der Waals surface area contributed by atoms with E-state index < -0.39 is 5.82 Å². The second-order valence-electron chi connectivity index (χ2n) is 4.85. The Morgan fingerprint density at radius 2 is 2.00 bits per heavy atom. The van der Waals surface area contributed by atoms with E-state index in [2.05, 4.69) is 25.2 Å². The van der Waals surface area contributed by atoms with Gasteiger partial charge < -0.3 is 5.32 Å². The molecule has 1 heterocycles. The van der Waals surface area contributed by atoms with Gasteiger partial charge in [0, 0.05) is 23.0 Å². The molecule has 2 rings (SSSR count). The van der Waals surface area contributed by atoms with Crippen LogP contribution in [0.5, 0.6) is 0 Å². The maximum Gasteiger partial charge on any atom is 0.127 e. The van der Waals surface area contributed by atoms with E-state index in [4.69, 9.17) is 0 Å². The van der Waals surface area contributed by atoms with Crippen LogP contribution in [-0.4, -0.2) is 0 Å². The van der Waals surface area contributed by atoms with Crippen molar-refractivity contribution in [3.8, 4) is 0 Å². The predicted octanol–water partition coefficient (Wildman–Crippen LogP) is 4.51. The summed E-state index contributed by atoms with van der Waals surface area (Å²) in [4.78, 5) is 1.21. The normalized spacial score (nSPS) is 12.9. The van der Waals surface area contributed by atoms with Crippen molar-refractivity contribution in [2.45, 2.75) is 26.4 Å². The highest BCUT2D eigenvalue weighted by Gasteiger charge is 2.16. The number of rotatable bonds is 5. The van der Waals surface area contributed by atoms with Gasteiger partial charge in [0.2, 0.25) is 0 Å². The Balaban J connectivity index is 2.09. The van der Waals surface area contributed by atoms with E-state index in [-0.39, 0.29) is 11.9 Å². The largest absolute Gasteiger partial charge is 0.305 e. The lowest BCUT2D eigenvalue weighted by atomic mass is 10.0. The van der Waals surface area contributed by atoms with Crippen molar-refractivity contribution in [2.24, 2.45) is 5.92 Å². The van der Waals surface area contributed by atoms with E-state index in [1.165, 1.54) is 17.0 Å². The number of nitrogens with one attached hydrogen (secondary N) is 1. The molecule has 0 aliphatic carbocycles. The van der Waals surface area contributed by atoms with Crippen molar-refractivity contribution in [1.82, 2.24) is 5.32 Å². The van der Waals surface area contributed by atoms with Gasteiger partial charge in [-0.25, -0.2) is 8.78 Å². The highest BCUT2D eigenvalue weighted by Crippen LogP contribution is 2.26. The molecule has 0 bridgehead atoms. The lowest BCUT2D eigenvalue weighted by Gasteiger charge is -2.21. The van der Waals surface area contributed by atoms with E-state index >= 15 is 0 Å². The average Bonchev–Trinajstić information content (AvgIpc) is 2.87. The first-order valence-electron chi connectivity index (χ1n) is 6.28. The summed E-state index contributed by atoms with van der Waals surface area (Å²) >= 11 is 1.67. The quantitative estimate of drug-likeness (QED) is 0.850. The van der Waals surface area contributed by atoms with Crippen LogP contribution in [0.25, 0.3) is 0 Å². The molecular formula is C15H17F2NS. The molecule has 0 aliphatic heterocycles. The summed E-state index contributed by atoms with van der Waals surface area (Å²) in [6.07, 6.45) is 0. The molecule has 0 spiro atoms. The van der Waals surface area contributed by atoms with E-state index in [0.29, 0.717) is 18.0 Å². The summed E-state index contributed by atoms with van der Waals surface area (Å²) in [5.41, 5.74) is 0.363. The number of hydrogen-bond donors (Lipinski definition) is 1. The standard InChI is InChI=1S/C15H17F2NS/c1-10(2)15(14-4-3-7-19-14)18-9-11-8-12(16)5-6-13(11)17/h3-8,10,15,18H,9H2,1-2H3. The number of thiophene rings is 1. The van der Waals surface area contributed by atoms with E-state index in [1.807, 2.05) is 11.4 Å². The molecule has 0 fully saturated rings. The molecule has 0 amide bonds. The second kappa shape index (κ2) is 6.26. The van der Waals surface area contributed by atoms with Gasteiger partial charge >= 0.3 is 0 Å². The van der Waals surface area contributed by atoms with Crippen molar-refractivity contribution in [2.75, 3.05) is 0 Å². The Kier molecular flexibility index (Phi) is 4.66. The lowest BCUT2D eigenvalue weighted by molar-refractivity contribution is 0.411. The first kappa shape index (κ1) is 14.2. The van der Waals surface area contributed by atoms with Gasteiger partial charge in [0.15, 0.2) is 0 Å². The van der Waals surface area contributed by atoms with Crippen LogP contribution in [-0.2, 0) is 6.54 Å². The number of halogens is 2. The van der Waals surface area contributed by atoms with Crippen LogP contribution in [0.2, 0.25) is 0 Å². The van der Waals surface area contributed by atoms with Gasteiger partial charge in [0.1, 0.15) is 11.6 Å². The summed E-state index contributed by atoms with van der Waals surface area (Å²) < 4.78 is 26.7. The van der Waals surface area contributed by atoms with Crippen molar-refractivity contribution in [1.29, 1.82) is 0 Å². The lowest BCUT2D eigenvalue weighted by Crippen LogP contribution is -2.25.